The summed E-state index contributed by atoms with van der Waals surface area (Å²) in [5.74, 6) is 0. The number of nitrogens with zero attached hydrogens (tertiary/aromatic N) is 1. The van der Waals surface area contributed by atoms with Crippen molar-refractivity contribution in [3.63, 3.8) is 0 Å². The molecule has 2 saturated heterocycles. The zero-order chi connectivity index (χ0) is 14.5. The molecule has 2 rings (SSSR count). The van der Waals surface area contributed by atoms with Gasteiger partial charge in [0.05, 0.1) is 29.8 Å². The standard InChI is InChI=1S/C16H28N2O2/c1-15(2,13-17)5-3-4-10-19-14-11-16(20-12-14)6-8-18-9-7-16/h14,18H,3-12H2,1-2H3. The van der Waals surface area contributed by atoms with Gasteiger partial charge in [0.25, 0.3) is 0 Å². The van der Waals surface area contributed by atoms with Crippen molar-refractivity contribution in [3.8, 4) is 6.07 Å². The van der Waals surface area contributed by atoms with Crippen molar-refractivity contribution in [2.24, 2.45) is 5.41 Å². The van der Waals surface area contributed by atoms with Gasteiger partial charge in [0.15, 0.2) is 0 Å². The van der Waals surface area contributed by atoms with Crippen LogP contribution >= 0.6 is 0 Å². The van der Waals surface area contributed by atoms with E-state index < -0.39 is 0 Å². The number of unbranched alkanes of at least 4 members (excludes halogenated alkanes) is 1. The number of ether oxygens (including phenoxy) is 2. The van der Waals surface area contributed by atoms with Gasteiger partial charge in [-0.25, -0.2) is 0 Å². The number of nitrogens with one attached hydrogen (secondary N) is 1. The summed E-state index contributed by atoms with van der Waals surface area (Å²) in [5.41, 5.74) is -0.103. The Bertz CT molecular complexity index is 343. The molecule has 1 atom stereocenters. The summed E-state index contributed by atoms with van der Waals surface area (Å²) in [4.78, 5) is 0. The monoisotopic (exact) mass is 280 g/mol. The number of hydrogen-bond donors (Lipinski definition) is 1. The van der Waals surface area contributed by atoms with Crippen molar-refractivity contribution in [2.45, 2.75) is 64.1 Å². The van der Waals surface area contributed by atoms with Crippen LogP contribution in [-0.2, 0) is 9.47 Å². The van der Waals surface area contributed by atoms with E-state index in [1.54, 1.807) is 0 Å². The first-order valence-corrected chi connectivity index (χ1v) is 7.93. The fourth-order valence-electron chi connectivity index (χ4n) is 3.12. The van der Waals surface area contributed by atoms with Crippen molar-refractivity contribution < 1.29 is 9.47 Å². The summed E-state index contributed by atoms with van der Waals surface area (Å²) in [6.07, 6.45) is 6.60. The summed E-state index contributed by atoms with van der Waals surface area (Å²) >= 11 is 0. The SMILES string of the molecule is CC(C)(C#N)CCCCOC1COC2(CCNCC2)C1. The minimum Gasteiger partial charge on any atom is -0.376 e. The Balaban J connectivity index is 1.58. The van der Waals surface area contributed by atoms with Crippen LogP contribution < -0.4 is 5.32 Å². The van der Waals surface area contributed by atoms with Gasteiger partial charge in [0.1, 0.15) is 0 Å². The van der Waals surface area contributed by atoms with Crippen molar-refractivity contribution >= 4 is 0 Å². The number of nitriles is 1. The minimum absolute atomic E-state index is 0.0959. The van der Waals surface area contributed by atoms with E-state index >= 15 is 0 Å². The Morgan fingerprint density at radius 3 is 2.80 bits per heavy atom. The van der Waals surface area contributed by atoms with Crippen LogP contribution in [0.1, 0.15) is 52.4 Å². The predicted molar refractivity (Wildman–Crippen MR) is 78.4 cm³/mol. The molecular weight excluding hydrogens is 252 g/mol. The molecule has 2 heterocycles. The third-order valence-electron chi connectivity index (χ3n) is 4.54. The zero-order valence-corrected chi connectivity index (χ0v) is 12.9. The van der Waals surface area contributed by atoms with Gasteiger partial charge in [-0.05, 0) is 59.0 Å². The average molecular weight is 280 g/mol. The van der Waals surface area contributed by atoms with Crippen molar-refractivity contribution in [3.05, 3.63) is 0 Å². The average Bonchev–Trinajstić information content (AvgIpc) is 2.82. The Labute approximate surface area is 122 Å². The second kappa shape index (κ2) is 6.89. The molecule has 1 N–H and O–H groups in total. The largest absolute Gasteiger partial charge is 0.376 e. The fraction of sp³-hybridized carbons (Fsp3) is 0.938. The third kappa shape index (κ3) is 4.44. The molecule has 2 fully saturated rings. The lowest BCUT2D eigenvalue weighted by Gasteiger charge is -2.32. The smallest absolute Gasteiger partial charge is 0.0836 e. The maximum absolute atomic E-state index is 8.96. The van der Waals surface area contributed by atoms with E-state index in [9.17, 15) is 0 Å². The Morgan fingerprint density at radius 2 is 2.10 bits per heavy atom. The molecule has 114 valence electrons. The Kier molecular flexibility index (Phi) is 5.42. The van der Waals surface area contributed by atoms with Gasteiger partial charge in [-0.1, -0.05) is 0 Å². The quantitative estimate of drug-likeness (QED) is 0.760. The molecule has 0 aromatic carbocycles. The predicted octanol–water partition coefficient (Wildman–Crippen LogP) is 2.63. The first kappa shape index (κ1) is 15.8. The van der Waals surface area contributed by atoms with E-state index in [1.807, 2.05) is 13.8 Å². The third-order valence-corrected chi connectivity index (χ3v) is 4.54. The molecule has 2 aliphatic heterocycles. The van der Waals surface area contributed by atoms with E-state index in [4.69, 9.17) is 14.7 Å². The number of piperidine rings is 1. The molecule has 2 aliphatic rings. The second-order valence-corrected chi connectivity index (χ2v) is 6.89. The van der Waals surface area contributed by atoms with E-state index in [2.05, 4.69) is 11.4 Å². The highest BCUT2D eigenvalue weighted by molar-refractivity contribution is 4.93. The molecule has 0 bridgehead atoms. The maximum atomic E-state index is 8.96. The summed E-state index contributed by atoms with van der Waals surface area (Å²) < 4.78 is 12.0. The van der Waals surface area contributed by atoms with Gasteiger partial charge in [0.2, 0.25) is 0 Å². The van der Waals surface area contributed by atoms with Gasteiger partial charge in [-0.3, -0.25) is 0 Å². The minimum atomic E-state index is -0.199. The molecule has 4 heteroatoms. The van der Waals surface area contributed by atoms with Crippen LogP contribution in [0.3, 0.4) is 0 Å². The zero-order valence-electron chi connectivity index (χ0n) is 12.9. The topological polar surface area (TPSA) is 54.3 Å². The van der Waals surface area contributed by atoms with Crippen LogP contribution in [0.2, 0.25) is 0 Å². The Morgan fingerprint density at radius 1 is 1.35 bits per heavy atom. The fourth-order valence-corrected chi connectivity index (χ4v) is 3.12. The van der Waals surface area contributed by atoms with E-state index in [0.29, 0.717) is 0 Å². The lowest BCUT2D eigenvalue weighted by molar-refractivity contribution is -0.0234. The van der Waals surface area contributed by atoms with Crippen LogP contribution in [0.15, 0.2) is 0 Å². The number of hydrogen-bond acceptors (Lipinski definition) is 4. The lowest BCUT2D eigenvalue weighted by atomic mass is 9.89. The molecule has 1 spiro atoms. The first-order valence-electron chi connectivity index (χ1n) is 7.93. The lowest BCUT2D eigenvalue weighted by Crippen LogP contribution is -2.41. The van der Waals surface area contributed by atoms with E-state index in [1.165, 1.54) is 0 Å². The molecule has 0 radical (unpaired) electrons. The normalized spacial score (nSPS) is 25.8. The Hall–Kier alpha value is -0.630. The second-order valence-electron chi connectivity index (χ2n) is 6.89. The van der Waals surface area contributed by atoms with Crippen LogP contribution in [0, 0.1) is 16.7 Å². The van der Waals surface area contributed by atoms with Crippen molar-refractivity contribution in [1.82, 2.24) is 5.32 Å². The van der Waals surface area contributed by atoms with Gasteiger partial charge in [-0.15, -0.1) is 0 Å². The summed E-state index contributed by atoms with van der Waals surface area (Å²) in [5, 5.41) is 12.3. The van der Waals surface area contributed by atoms with Gasteiger partial charge >= 0.3 is 0 Å². The first-order chi connectivity index (χ1) is 9.55. The number of rotatable bonds is 6. The van der Waals surface area contributed by atoms with Crippen molar-refractivity contribution in [2.75, 3.05) is 26.3 Å². The van der Waals surface area contributed by atoms with E-state index in [-0.39, 0.29) is 17.1 Å². The molecular formula is C16H28N2O2. The molecule has 1 unspecified atom stereocenters. The highest BCUT2D eigenvalue weighted by Crippen LogP contribution is 2.35. The molecule has 4 nitrogen and oxygen atoms in total. The van der Waals surface area contributed by atoms with Crippen molar-refractivity contribution in [1.29, 1.82) is 5.26 Å². The van der Waals surface area contributed by atoms with Gasteiger partial charge < -0.3 is 14.8 Å². The molecule has 0 aliphatic carbocycles. The molecule has 0 amide bonds. The highest BCUT2D eigenvalue weighted by atomic mass is 16.6. The van der Waals surface area contributed by atoms with Crippen LogP contribution in [0.5, 0.6) is 0 Å². The summed E-state index contributed by atoms with van der Waals surface area (Å²) in [7, 11) is 0. The maximum Gasteiger partial charge on any atom is 0.0836 e. The van der Waals surface area contributed by atoms with Crippen LogP contribution in [0.4, 0.5) is 0 Å². The van der Waals surface area contributed by atoms with Crippen LogP contribution in [-0.4, -0.2) is 38.0 Å². The van der Waals surface area contributed by atoms with Gasteiger partial charge in [-0.2, -0.15) is 5.26 Å². The molecule has 0 aromatic rings. The van der Waals surface area contributed by atoms with Crippen LogP contribution in [0.25, 0.3) is 0 Å². The summed E-state index contributed by atoms with van der Waals surface area (Å²) in [6.45, 7) is 7.68. The molecule has 0 saturated carbocycles. The summed E-state index contributed by atoms with van der Waals surface area (Å²) in [6, 6.07) is 2.35. The van der Waals surface area contributed by atoms with Gasteiger partial charge in [0, 0.05) is 13.0 Å². The highest BCUT2D eigenvalue weighted by Gasteiger charge is 2.41. The van der Waals surface area contributed by atoms with E-state index in [0.717, 1.165) is 64.8 Å². The molecule has 20 heavy (non-hydrogen) atoms. The molecule has 0 aromatic heterocycles.